The van der Waals surface area contributed by atoms with E-state index in [0.717, 1.165) is 56.1 Å². The number of anilines is 2. The molecule has 6 aromatic carbocycles. The van der Waals surface area contributed by atoms with Gasteiger partial charge >= 0.3 is 46.1 Å². The van der Waals surface area contributed by atoms with E-state index in [2.05, 4.69) is 208 Å². The summed E-state index contributed by atoms with van der Waals surface area (Å²) in [5.74, 6) is -0.0339. The molecule has 0 bridgehead atoms. The van der Waals surface area contributed by atoms with Gasteiger partial charge in [-0.2, -0.15) is 0 Å². The van der Waals surface area contributed by atoms with Crippen molar-refractivity contribution in [1.82, 2.24) is 0 Å². The normalized spacial score (nSPS) is 12.0. The maximum Gasteiger partial charge on any atom is 2.00 e. The molecule has 0 atom stereocenters. The van der Waals surface area contributed by atoms with Gasteiger partial charge in [0, 0.05) is 82.9 Å². The first-order valence-corrected chi connectivity index (χ1v) is 41.6. The molecule has 0 aromatic heterocycles. The molecule has 0 radical (unpaired) electrons. The van der Waals surface area contributed by atoms with E-state index in [-0.39, 0.29) is 68.4 Å². The fourth-order valence-electron chi connectivity index (χ4n) is 8.50. The van der Waals surface area contributed by atoms with E-state index in [1.54, 1.807) is 12.4 Å². The van der Waals surface area contributed by atoms with Crippen LogP contribution in [-0.4, -0.2) is 120 Å². The second kappa shape index (κ2) is 31.0. The van der Waals surface area contributed by atoms with Gasteiger partial charge in [-0.1, -0.05) is 257 Å². The van der Waals surface area contributed by atoms with Crippen molar-refractivity contribution in [3.63, 3.8) is 0 Å². The average Bonchev–Trinajstić information content (AvgIpc) is 3.27. The molecule has 0 aliphatic rings. The maximum absolute atomic E-state index is 12.6. The molecule has 0 spiro atoms. The van der Waals surface area contributed by atoms with Crippen LogP contribution in [0.25, 0.3) is 31.5 Å². The van der Waals surface area contributed by atoms with Crippen molar-refractivity contribution in [2.24, 2.45) is 0 Å². The van der Waals surface area contributed by atoms with Crippen molar-refractivity contribution in [3.05, 3.63) is 162 Å². The first kappa shape index (κ1) is 73.2. The summed E-state index contributed by atoms with van der Waals surface area (Å²) < 4.78 is 10.8. The van der Waals surface area contributed by atoms with Crippen LogP contribution < -0.4 is 30.0 Å². The van der Waals surface area contributed by atoms with E-state index in [9.17, 15) is 10.2 Å². The Morgan fingerprint density at radius 2 is 0.679 bits per heavy atom. The molecule has 412 valence electrons. The molecule has 0 heterocycles. The van der Waals surface area contributed by atoms with E-state index in [1.165, 1.54) is 0 Å². The first-order chi connectivity index (χ1) is 34.8. The molecule has 2 N–H and O–H groups in total. The number of hydrogen-bond donors (Lipinski definition) is 2. The number of halogens is 2. The topological polar surface area (TPSA) is 109 Å². The van der Waals surface area contributed by atoms with Crippen LogP contribution in [-0.2, 0) is 10.8 Å². The molecule has 0 unspecified atom stereocenters. The maximum atomic E-state index is 12.6. The van der Waals surface area contributed by atoms with Crippen molar-refractivity contribution in [3.8, 4) is 33.8 Å². The Morgan fingerprint density at radius 1 is 0.423 bits per heavy atom. The third-order valence-corrected chi connectivity index (χ3v) is 23.1. The molecule has 0 amide bonds. The van der Waals surface area contributed by atoms with E-state index < -0.39 is 32.9 Å². The monoisotopic (exact) mass is 1270 g/mol. The summed E-state index contributed by atoms with van der Waals surface area (Å²) in [6, 6.07) is 40.7. The van der Waals surface area contributed by atoms with Gasteiger partial charge in [-0.3, -0.25) is 0 Å². The number of benzene rings is 6. The van der Waals surface area contributed by atoms with Crippen LogP contribution in [0.3, 0.4) is 0 Å². The Balaban J connectivity index is 0.000000584. The fourth-order valence-corrected chi connectivity index (χ4v) is 25.6. The molecule has 16 heteroatoms. The quantitative estimate of drug-likeness (QED) is 0.0940. The third kappa shape index (κ3) is 25.1. The number of nitrogens with zero attached hydrogens (tertiary/aromatic N) is 4. The number of para-hydroxylation sites is 4. The van der Waals surface area contributed by atoms with E-state index in [4.69, 9.17) is 9.30 Å². The first-order valence-electron chi connectivity index (χ1n) is 26.2. The van der Waals surface area contributed by atoms with Crippen LogP contribution in [0, 0.1) is 0 Å². The summed E-state index contributed by atoms with van der Waals surface area (Å²) in [5, 5.41) is 25.3. The summed E-state index contributed by atoms with van der Waals surface area (Å²) in [7, 11) is 3.74. The number of rotatable bonds is 12. The predicted molar refractivity (Wildman–Crippen MR) is 360 cm³/mol. The van der Waals surface area contributed by atoms with E-state index >= 15 is 0 Å². The second-order valence-electron chi connectivity index (χ2n) is 25.7. The summed E-state index contributed by atoms with van der Waals surface area (Å²) in [4.78, 5) is 11.0. The van der Waals surface area contributed by atoms with Crippen LogP contribution in [0.5, 0.6) is 11.5 Å². The molecular formula is C62H90Br2Mg2N6O2Si4+2. The minimum Gasteiger partial charge on any atom is -0.871 e. The van der Waals surface area contributed by atoms with Crippen molar-refractivity contribution in [2.75, 3.05) is 38.0 Å². The van der Waals surface area contributed by atoms with Gasteiger partial charge in [-0.05, 0) is 70.5 Å². The van der Waals surface area contributed by atoms with Gasteiger partial charge in [-0.15, -0.1) is 0 Å². The zero-order valence-electron chi connectivity index (χ0n) is 51.5. The molecule has 0 saturated carbocycles. The Morgan fingerprint density at radius 3 is 0.923 bits per heavy atom. The van der Waals surface area contributed by atoms with E-state index in [1.807, 2.05) is 113 Å². The van der Waals surface area contributed by atoms with Crippen molar-refractivity contribution in [1.29, 1.82) is 0 Å². The largest absolute Gasteiger partial charge is 2.00 e. The summed E-state index contributed by atoms with van der Waals surface area (Å²) >= 11 is 6.85. The molecule has 0 aliphatic carbocycles. The Bertz CT molecular complexity index is 2690. The molecule has 0 aliphatic heterocycles. The molecule has 6 rings (SSSR count). The van der Waals surface area contributed by atoms with Gasteiger partial charge in [0.15, 0.2) is 12.4 Å². The third-order valence-electron chi connectivity index (χ3n) is 11.2. The zero-order chi connectivity index (χ0) is 57.8. The molecule has 8 nitrogen and oxygen atoms in total. The molecule has 0 saturated heterocycles. The summed E-state index contributed by atoms with van der Waals surface area (Å²) in [6.45, 7) is 40.4. The van der Waals surface area contributed by atoms with E-state index in [0.29, 0.717) is 20.1 Å². The summed E-state index contributed by atoms with van der Waals surface area (Å²) in [5.41, 5.74) is 12.1. The van der Waals surface area contributed by atoms with Crippen LogP contribution in [0.4, 0.5) is 22.7 Å². The standard InChI is InChI=1S/2C25H27BrN2O.2C6H18NSi2.2Mg/c2*1-25(2,3)18-14-17(24(29)21(26)15-18)16-27-22-12-8-6-10-19(22)20-11-7-9-13-23(20)28(4)5;2*1-8(2,3)7-9(4,5)6;;/h2*6-16,29H,1-5H3;2*1-6H3;;/q;;2*-1;2*+2. The predicted octanol–water partition coefficient (Wildman–Crippen LogP) is 14.1. The molecule has 6 aromatic rings. The Kier molecular flexibility index (Phi) is 29.1. The van der Waals surface area contributed by atoms with Crippen LogP contribution in [0.1, 0.15) is 63.8 Å². The molecule has 78 heavy (non-hydrogen) atoms. The number of hydrogen-bond acceptors (Lipinski definition) is 4. The van der Waals surface area contributed by atoms with Crippen LogP contribution >= 0.6 is 31.9 Å². The zero-order valence-corrected chi connectivity index (χ0v) is 61.5. The van der Waals surface area contributed by atoms with Gasteiger partial charge in [0.25, 0.3) is 0 Å². The van der Waals surface area contributed by atoms with Gasteiger partial charge in [0.1, 0.15) is 0 Å². The number of nitrogens with one attached hydrogen (secondary N) is 2. The van der Waals surface area contributed by atoms with Crippen molar-refractivity contribution in [2.45, 2.75) is 131 Å². The van der Waals surface area contributed by atoms with Gasteiger partial charge < -0.3 is 29.3 Å². The minimum absolute atomic E-state index is 0. The van der Waals surface area contributed by atoms with Crippen molar-refractivity contribution < 1.29 is 20.2 Å². The average molecular weight is 1270 g/mol. The van der Waals surface area contributed by atoms with Crippen LogP contribution in [0.15, 0.2) is 130 Å². The van der Waals surface area contributed by atoms with Gasteiger partial charge in [0.2, 0.25) is 11.4 Å². The Labute approximate surface area is 525 Å². The Hall–Kier alpha value is -2.86. The van der Waals surface area contributed by atoms with Gasteiger partial charge in [-0.25, -0.2) is 9.98 Å². The van der Waals surface area contributed by atoms with Crippen molar-refractivity contribution >= 4 is 146 Å². The minimum atomic E-state index is -1.11. The second-order valence-corrected chi connectivity index (χ2v) is 46.5. The fraction of sp³-hybridized carbons (Fsp3) is 0.387. The van der Waals surface area contributed by atoms with Crippen LogP contribution in [0.2, 0.25) is 78.6 Å². The molecule has 0 fully saturated rings. The van der Waals surface area contributed by atoms with Gasteiger partial charge in [0.05, 0.1) is 11.1 Å². The molecular weight excluding hydrogens is 1180 g/mol. The smallest absolute Gasteiger partial charge is 0.871 e. The SMILES string of the molecule is CN(C)c1ccccc1-c1ccccc1[NH+]=Cc1cc(C(C)(C)C)cc(Br)c1[O-].CN(C)c1ccccc1-c1ccccc1[NH+]=Cc1cc(C(C)(C)C)cc(Br)c1[O-].C[Si](C)(C)[N-][Si](C)(C)C.C[Si](C)(C)[N-][Si](C)(C)C.[Mg+2].[Mg+2]. The summed E-state index contributed by atoms with van der Waals surface area (Å²) in [6.07, 6.45) is 3.61.